The molecule has 0 unspecified atom stereocenters. The minimum atomic E-state index is -0.152. The van der Waals surface area contributed by atoms with Gasteiger partial charge < -0.3 is 10.6 Å². The van der Waals surface area contributed by atoms with Crippen molar-refractivity contribution in [2.75, 3.05) is 13.1 Å². The molecule has 6 heteroatoms. The molecule has 3 rings (SSSR count). The Bertz CT molecular complexity index is 864. The van der Waals surface area contributed by atoms with E-state index in [-0.39, 0.29) is 18.2 Å². The molecule has 0 aliphatic carbocycles. The zero-order chi connectivity index (χ0) is 18.2. The van der Waals surface area contributed by atoms with Crippen LogP contribution >= 0.6 is 11.3 Å². The number of pyridine rings is 1. The second-order valence-electron chi connectivity index (χ2n) is 5.70. The lowest BCUT2D eigenvalue weighted by Gasteiger charge is -2.08. The smallest absolute Gasteiger partial charge is 0.251 e. The van der Waals surface area contributed by atoms with E-state index < -0.39 is 0 Å². The highest BCUT2D eigenvalue weighted by Gasteiger charge is 2.08. The number of aromatic nitrogens is 1. The molecular weight excluding hydrogens is 346 g/mol. The third-order valence-corrected chi connectivity index (χ3v) is 4.46. The molecule has 0 atom stereocenters. The molecule has 0 aliphatic heterocycles. The van der Waals surface area contributed by atoms with Crippen LogP contribution in [-0.4, -0.2) is 29.9 Å². The molecule has 26 heavy (non-hydrogen) atoms. The van der Waals surface area contributed by atoms with Gasteiger partial charge in [-0.1, -0.05) is 18.2 Å². The molecule has 5 nitrogen and oxygen atoms in total. The van der Waals surface area contributed by atoms with Gasteiger partial charge in [-0.2, -0.15) is 11.3 Å². The molecule has 0 aliphatic rings. The summed E-state index contributed by atoms with van der Waals surface area (Å²) in [5, 5.41) is 9.66. The van der Waals surface area contributed by atoms with E-state index in [1.807, 2.05) is 53.2 Å². The zero-order valence-corrected chi connectivity index (χ0v) is 15.0. The van der Waals surface area contributed by atoms with Crippen LogP contribution in [0.4, 0.5) is 0 Å². The van der Waals surface area contributed by atoms with E-state index in [2.05, 4.69) is 15.6 Å². The van der Waals surface area contributed by atoms with Crippen LogP contribution in [0.1, 0.15) is 16.1 Å². The molecule has 2 aromatic heterocycles. The molecule has 2 heterocycles. The Labute approximate surface area is 156 Å². The van der Waals surface area contributed by atoms with Crippen molar-refractivity contribution in [3.8, 4) is 11.1 Å². The first kappa shape index (κ1) is 17.8. The van der Waals surface area contributed by atoms with Gasteiger partial charge in [0.05, 0.1) is 6.42 Å². The van der Waals surface area contributed by atoms with Gasteiger partial charge in [0.2, 0.25) is 5.91 Å². The zero-order valence-electron chi connectivity index (χ0n) is 14.1. The molecule has 0 bridgehead atoms. The largest absolute Gasteiger partial charge is 0.354 e. The predicted octanol–water partition coefficient (Wildman–Crippen LogP) is 2.90. The second-order valence-corrected chi connectivity index (χ2v) is 6.48. The maximum Gasteiger partial charge on any atom is 0.251 e. The van der Waals surface area contributed by atoms with Crippen LogP contribution in [0.15, 0.2) is 65.5 Å². The van der Waals surface area contributed by atoms with Crippen molar-refractivity contribution < 1.29 is 9.59 Å². The minimum Gasteiger partial charge on any atom is -0.354 e. The highest BCUT2D eigenvalue weighted by Crippen LogP contribution is 2.22. The molecule has 0 saturated heterocycles. The Morgan fingerprint density at radius 1 is 0.962 bits per heavy atom. The molecule has 0 saturated carbocycles. The average Bonchev–Trinajstić information content (AvgIpc) is 3.21. The van der Waals surface area contributed by atoms with Crippen LogP contribution in [0.25, 0.3) is 11.1 Å². The first-order valence-electron chi connectivity index (χ1n) is 8.30. The maximum atomic E-state index is 12.3. The summed E-state index contributed by atoms with van der Waals surface area (Å²) >= 11 is 1.62. The van der Waals surface area contributed by atoms with E-state index in [1.165, 1.54) is 0 Å². The Balaban J connectivity index is 1.44. The Morgan fingerprint density at radius 2 is 1.85 bits per heavy atom. The van der Waals surface area contributed by atoms with Crippen LogP contribution in [0.3, 0.4) is 0 Å². The summed E-state index contributed by atoms with van der Waals surface area (Å²) in [5.41, 5.74) is 3.45. The average molecular weight is 365 g/mol. The molecule has 0 radical (unpaired) electrons. The van der Waals surface area contributed by atoms with Gasteiger partial charge in [-0.05, 0) is 52.2 Å². The number of thiophene rings is 1. The van der Waals surface area contributed by atoms with E-state index in [4.69, 9.17) is 0 Å². The van der Waals surface area contributed by atoms with Gasteiger partial charge >= 0.3 is 0 Å². The first-order chi connectivity index (χ1) is 12.7. The number of hydrogen-bond acceptors (Lipinski definition) is 4. The molecule has 132 valence electrons. The second kappa shape index (κ2) is 8.92. The third-order valence-electron chi connectivity index (χ3n) is 3.78. The highest BCUT2D eigenvalue weighted by molar-refractivity contribution is 7.08. The van der Waals surface area contributed by atoms with Crippen molar-refractivity contribution in [1.82, 2.24) is 15.6 Å². The number of nitrogens with one attached hydrogen (secondary N) is 2. The SMILES string of the molecule is O=C(Cc1ccccn1)NCCNC(=O)c1cccc(-c2ccsc2)c1. The van der Waals surface area contributed by atoms with Gasteiger partial charge in [0.1, 0.15) is 0 Å². The normalized spacial score (nSPS) is 10.3. The third kappa shape index (κ3) is 5.00. The molecule has 2 amide bonds. The summed E-state index contributed by atoms with van der Waals surface area (Å²) in [4.78, 5) is 28.2. The number of carbonyl (C=O) groups excluding carboxylic acids is 2. The number of benzene rings is 1. The first-order valence-corrected chi connectivity index (χ1v) is 9.24. The van der Waals surface area contributed by atoms with Crippen molar-refractivity contribution in [2.45, 2.75) is 6.42 Å². The van der Waals surface area contributed by atoms with Gasteiger partial charge in [0.15, 0.2) is 0 Å². The van der Waals surface area contributed by atoms with Crippen LogP contribution in [-0.2, 0) is 11.2 Å². The van der Waals surface area contributed by atoms with Gasteiger partial charge in [0.25, 0.3) is 5.91 Å². The summed E-state index contributed by atoms with van der Waals surface area (Å²) < 4.78 is 0. The lowest BCUT2D eigenvalue weighted by molar-refractivity contribution is -0.120. The summed E-state index contributed by atoms with van der Waals surface area (Å²) in [6.45, 7) is 0.747. The number of hydrogen-bond donors (Lipinski definition) is 2. The fourth-order valence-corrected chi connectivity index (χ4v) is 3.14. The maximum absolute atomic E-state index is 12.3. The van der Waals surface area contributed by atoms with Crippen LogP contribution in [0, 0.1) is 0 Å². The fourth-order valence-electron chi connectivity index (χ4n) is 2.48. The van der Waals surface area contributed by atoms with E-state index in [0.29, 0.717) is 18.7 Å². The fraction of sp³-hybridized carbons (Fsp3) is 0.150. The van der Waals surface area contributed by atoms with E-state index in [1.54, 1.807) is 23.6 Å². The van der Waals surface area contributed by atoms with E-state index in [0.717, 1.165) is 16.8 Å². The summed E-state index contributed by atoms with van der Waals surface area (Å²) in [6, 6.07) is 15.0. The number of nitrogens with zero attached hydrogens (tertiary/aromatic N) is 1. The molecular formula is C20H19N3O2S. The molecule has 3 aromatic rings. The lowest BCUT2D eigenvalue weighted by atomic mass is 10.1. The molecule has 0 fully saturated rings. The number of carbonyl (C=O) groups is 2. The van der Waals surface area contributed by atoms with Crippen LogP contribution in [0.2, 0.25) is 0 Å². The van der Waals surface area contributed by atoms with E-state index in [9.17, 15) is 9.59 Å². The standard InChI is InChI=1S/C20H19N3O2S/c24-19(13-18-6-1-2-8-21-18)22-9-10-23-20(25)16-5-3-4-15(12-16)17-7-11-26-14-17/h1-8,11-12,14H,9-10,13H2,(H,22,24)(H,23,25). The van der Waals surface area contributed by atoms with Gasteiger partial charge in [-0.15, -0.1) is 0 Å². The van der Waals surface area contributed by atoms with Crippen molar-refractivity contribution in [3.63, 3.8) is 0 Å². The topological polar surface area (TPSA) is 71.1 Å². The van der Waals surface area contributed by atoms with Crippen molar-refractivity contribution in [2.24, 2.45) is 0 Å². The Morgan fingerprint density at radius 3 is 2.62 bits per heavy atom. The molecule has 2 N–H and O–H groups in total. The summed E-state index contributed by atoms with van der Waals surface area (Å²) in [5.74, 6) is -0.265. The number of rotatable bonds is 7. The Kier molecular flexibility index (Phi) is 6.11. The molecule has 0 spiro atoms. The summed E-state index contributed by atoms with van der Waals surface area (Å²) in [6.07, 6.45) is 1.89. The predicted molar refractivity (Wildman–Crippen MR) is 103 cm³/mol. The van der Waals surface area contributed by atoms with Crippen molar-refractivity contribution in [1.29, 1.82) is 0 Å². The lowest BCUT2D eigenvalue weighted by Crippen LogP contribution is -2.35. The van der Waals surface area contributed by atoms with Crippen molar-refractivity contribution >= 4 is 23.2 Å². The Hall–Kier alpha value is -2.99. The quantitative estimate of drug-likeness (QED) is 0.633. The summed E-state index contributed by atoms with van der Waals surface area (Å²) in [7, 11) is 0. The highest BCUT2D eigenvalue weighted by atomic mass is 32.1. The van der Waals surface area contributed by atoms with Gasteiger partial charge in [-0.3, -0.25) is 14.6 Å². The number of amides is 2. The van der Waals surface area contributed by atoms with Crippen LogP contribution < -0.4 is 10.6 Å². The van der Waals surface area contributed by atoms with E-state index >= 15 is 0 Å². The van der Waals surface area contributed by atoms with Crippen LogP contribution in [0.5, 0.6) is 0 Å². The van der Waals surface area contributed by atoms with Gasteiger partial charge in [-0.25, -0.2) is 0 Å². The molecule has 1 aromatic carbocycles. The van der Waals surface area contributed by atoms with Gasteiger partial charge in [0, 0.05) is 30.5 Å². The minimum absolute atomic E-state index is 0.114. The monoisotopic (exact) mass is 365 g/mol. The van der Waals surface area contributed by atoms with Crippen molar-refractivity contribution in [3.05, 3.63) is 76.7 Å².